The molecule has 1 aliphatic rings. The number of nitrogens with one attached hydrogen (secondary N) is 2. The molecular formula is C20H16F2N4O3S2. The number of hydrogen-bond acceptors (Lipinski definition) is 6. The highest BCUT2D eigenvalue weighted by atomic mass is 32.2. The van der Waals surface area contributed by atoms with Crippen LogP contribution in [0.25, 0.3) is 10.9 Å². The highest BCUT2D eigenvalue weighted by Gasteiger charge is 2.38. The van der Waals surface area contributed by atoms with Gasteiger partial charge in [-0.05, 0) is 49.4 Å². The second kappa shape index (κ2) is 7.82. The van der Waals surface area contributed by atoms with Gasteiger partial charge < -0.3 is 5.32 Å². The number of pyridine rings is 1. The third kappa shape index (κ3) is 4.19. The Balaban J connectivity index is 1.71. The first-order valence-corrected chi connectivity index (χ1v) is 11.4. The predicted molar refractivity (Wildman–Crippen MR) is 115 cm³/mol. The summed E-state index contributed by atoms with van der Waals surface area (Å²) in [6.07, 6.45) is 5.77. The average Bonchev–Trinajstić information content (AvgIpc) is 3.22. The summed E-state index contributed by atoms with van der Waals surface area (Å²) in [5.74, 6) is -2.90. The molecule has 0 spiro atoms. The SMILES string of the molecule is CC1(F)C=CC(F)=CC1C(=O)Nc1ccc(S(=O)(=O)Nc2nccs2)c2cccnc12. The maximum Gasteiger partial charge on any atom is 0.264 e. The minimum Gasteiger partial charge on any atom is -0.324 e. The van der Waals surface area contributed by atoms with Gasteiger partial charge in [-0.3, -0.25) is 14.5 Å². The zero-order valence-corrected chi connectivity index (χ0v) is 17.7. The molecule has 4 rings (SSSR count). The fourth-order valence-electron chi connectivity index (χ4n) is 3.19. The summed E-state index contributed by atoms with van der Waals surface area (Å²) in [6.45, 7) is 1.17. The van der Waals surface area contributed by atoms with Crippen molar-refractivity contribution in [1.29, 1.82) is 0 Å². The molecule has 2 unspecified atom stereocenters. The monoisotopic (exact) mass is 462 g/mol. The zero-order chi connectivity index (χ0) is 22.2. The summed E-state index contributed by atoms with van der Waals surface area (Å²) < 4.78 is 56.4. The summed E-state index contributed by atoms with van der Waals surface area (Å²) >= 11 is 1.13. The van der Waals surface area contributed by atoms with Crippen LogP contribution in [-0.2, 0) is 14.8 Å². The number of halogens is 2. The second-order valence-electron chi connectivity index (χ2n) is 6.96. The molecule has 1 amide bonds. The number of hydrogen-bond donors (Lipinski definition) is 2. The number of nitrogens with zero attached hydrogens (tertiary/aromatic N) is 2. The molecule has 3 aromatic rings. The highest BCUT2D eigenvalue weighted by Crippen LogP contribution is 2.34. The van der Waals surface area contributed by atoms with Crippen LogP contribution in [0.1, 0.15) is 6.92 Å². The van der Waals surface area contributed by atoms with E-state index in [2.05, 4.69) is 20.0 Å². The van der Waals surface area contributed by atoms with E-state index < -0.39 is 33.3 Å². The fraction of sp³-hybridized carbons (Fsp3) is 0.150. The Morgan fingerprint density at radius 3 is 2.77 bits per heavy atom. The smallest absolute Gasteiger partial charge is 0.264 e. The van der Waals surface area contributed by atoms with Gasteiger partial charge in [-0.1, -0.05) is 0 Å². The lowest BCUT2D eigenvalue weighted by Crippen LogP contribution is -2.37. The van der Waals surface area contributed by atoms with E-state index in [1.807, 2.05) is 0 Å². The van der Waals surface area contributed by atoms with E-state index in [9.17, 15) is 22.0 Å². The number of alkyl halides is 1. The third-order valence-corrected chi connectivity index (χ3v) is 6.93. The van der Waals surface area contributed by atoms with Gasteiger partial charge in [0.05, 0.1) is 22.0 Å². The van der Waals surface area contributed by atoms with Crippen LogP contribution >= 0.6 is 11.3 Å². The summed E-state index contributed by atoms with van der Waals surface area (Å²) in [5.41, 5.74) is -1.72. The number of carbonyl (C=O) groups excluding carboxylic acids is 1. The number of rotatable bonds is 5. The van der Waals surface area contributed by atoms with E-state index in [1.165, 1.54) is 37.5 Å². The summed E-state index contributed by atoms with van der Waals surface area (Å²) in [4.78, 5) is 20.7. The molecule has 0 saturated heterocycles. The van der Waals surface area contributed by atoms with E-state index in [0.29, 0.717) is 0 Å². The van der Waals surface area contributed by atoms with Crippen LogP contribution in [0.3, 0.4) is 0 Å². The first-order chi connectivity index (χ1) is 14.7. The molecule has 11 heteroatoms. The van der Waals surface area contributed by atoms with Gasteiger partial charge in [0.25, 0.3) is 10.0 Å². The van der Waals surface area contributed by atoms with Gasteiger partial charge in [0.2, 0.25) is 5.91 Å². The highest BCUT2D eigenvalue weighted by molar-refractivity contribution is 7.93. The molecule has 31 heavy (non-hydrogen) atoms. The number of sulfonamides is 1. The largest absolute Gasteiger partial charge is 0.324 e. The molecule has 2 atom stereocenters. The van der Waals surface area contributed by atoms with E-state index in [-0.39, 0.29) is 26.6 Å². The average molecular weight is 463 g/mol. The number of allylic oxidation sites excluding steroid dienone is 3. The van der Waals surface area contributed by atoms with E-state index in [1.54, 1.807) is 11.4 Å². The molecule has 1 aliphatic carbocycles. The Bertz CT molecular complexity index is 1320. The maximum atomic E-state index is 14.7. The molecule has 2 aromatic heterocycles. The number of fused-ring (bicyclic) bond motifs is 1. The Morgan fingerprint density at radius 2 is 2.03 bits per heavy atom. The first-order valence-electron chi connectivity index (χ1n) is 9.04. The van der Waals surface area contributed by atoms with Crippen LogP contribution in [0, 0.1) is 5.92 Å². The van der Waals surface area contributed by atoms with E-state index in [0.717, 1.165) is 29.6 Å². The van der Waals surface area contributed by atoms with Gasteiger partial charge in [0.15, 0.2) is 5.13 Å². The summed E-state index contributed by atoms with van der Waals surface area (Å²) in [5, 5.41) is 4.63. The van der Waals surface area contributed by atoms with Gasteiger partial charge in [-0.2, -0.15) is 0 Å². The molecule has 0 radical (unpaired) electrons. The maximum absolute atomic E-state index is 14.7. The Morgan fingerprint density at radius 1 is 1.23 bits per heavy atom. The minimum atomic E-state index is -3.98. The Labute approximate surface area is 180 Å². The van der Waals surface area contributed by atoms with Gasteiger partial charge in [-0.15, -0.1) is 11.3 Å². The van der Waals surface area contributed by atoms with Gasteiger partial charge in [0, 0.05) is 23.2 Å². The molecule has 2 N–H and O–H groups in total. The summed E-state index contributed by atoms with van der Waals surface area (Å²) in [7, 11) is -3.98. The lowest BCUT2D eigenvalue weighted by Gasteiger charge is -2.27. The van der Waals surface area contributed by atoms with Gasteiger partial charge in [-0.25, -0.2) is 22.2 Å². The molecule has 0 bridgehead atoms. The van der Waals surface area contributed by atoms with Crippen molar-refractivity contribution in [3.8, 4) is 0 Å². The molecular weight excluding hydrogens is 446 g/mol. The molecule has 1 aromatic carbocycles. The normalized spacial score (nSPS) is 21.0. The van der Waals surface area contributed by atoms with Crippen LogP contribution in [-0.4, -0.2) is 30.0 Å². The van der Waals surface area contributed by atoms with Crippen molar-refractivity contribution in [2.45, 2.75) is 17.5 Å². The zero-order valence-electron chi connectivity index (χ0n) is 16.0. The number of amides is 1. The summed E-state index contributed by atoms with van der Waals surface area (Å²) in [6, 6.07) is 5.76. The lowest BCUT2D eigenvalue weighted by molar-refractivity contribution is -0.121. The van der Waals surface area contributed by atoms with Crippen LogP contribution < -0.4 is 10.0 Å². The topological polar surface area (TPSA) is 101 Å². The van der Waals surface area contributed by atoms with Gasteiger partial charge in [0.1, 0.15) is 11.5 Å². The number of benzene rings is 1. The predicted octanol–water partition coefficient (Wildman–Crippen LogP) is 4.20. The molecule has 160 valence electrons. The fourth-order valence-corrected chi connectivity index (χ4v) is 5.18. The standard InChI is InChI=1S/C20H16F2N4O3S2/c1-20(22)7-6-12(21)11-14(20)18(27)25-15-4-5-16(13-3-2-8-23-17(13)15)31(28,29)26-19-24-9-10-30-19/h2-11,14H,1H3,(H,24,26)(H,25,27). The van der Waals surface area contributed by atoms with Crippen LogP contribution in [0.2, 0.25) is 0 Å². The van der Waals surface area contributed by atoms with E-state index >= 15 is 0 Å². The van der Waals surface area contributed by atoms with E-state index in [4.69, 9.17) is 0 Å². The minimum absolute atomic E-state index is 0.0642. The van der Waals surface area contributed by atoms with Crippen molar-refractivity contribution in [3.63, 3.8) is 0 Å². The molecule has 0 saturated carbocycles. The Kier molecular flexibility index (Phi) is 5.31. The third-order valence-electron chi connectivity index (χ3n) is 4.72. The van der Waals surface area contributed by atoms with Crippen LogP contribution in [0.4, 0.5) is 19.6 Å². The quantitative estimate of drug-likeness (QED) is 0.592. The molecule has 2 heterocycles. The van der Waals surface area contributed by atoms with Crippen LogP contribution in [0.5, 0.6) is 0 Å². The lowest BCUT2D eigenvalue weighted by atomic mass is 9.86. The van der Waals surface area contributed by atoms with Crippen molar-refractivity contribution < 1.29 is 22.0 Å². The number of thiazole rings is 1. The van der Waals surface area contributed by atoms with Gasteiger partial charge >= 0.3 is 0 Å². The second-order valence-corrected chi connectivity index (χ2v) is 9.50. The first kappa shape index (κ1) is 21.1. The Hall–Kier alpha value is -3.18. The number of aromatic nitrogens is 2. The number of carbonyl (C=O) groups is 1. The van der Waals surface area contributed by atoms with Crippen molar-refractivity contribution in [3.05, 3.63) is 66.1 Å². The van der Waals surface area contributed by atoms with Crippen LogP contribution in [0.15, 0.2) is 71.0 Å². The van der Waals surface area contributed by atoms with Crippen molar-refractivity contribution in [2.75, 3.05) is 10.0 Å². The van der Waals surface area contributed by atoms with Crippen molar-refractivity contribution in [1.82, 2.24) is 9.97 Å². The molecule has 7 nitrogen and oxygen atoms in total. The van der Waals surface area contributed by atoms with Crippen molar-refractivity contribution >= 4 is 49.0 Å². The molecule has 0 fully saturated rings. The molecule has 0 aliphatic heterocycles. The van der Waals surface area contributed by atoms with Crippen molar-refractivity contribution in [2.24, 2.45) is 5.92 Å². The number of anilines is 2.